The van der Waals surface area contributed by atoms with Gasteiger partial charge in [-0.05, 0) is 31.0 Å². The number of thioether (sulfide) groups is 1. The summed E-state index contributed by atoms with van der Waals surface area (Å²) in [6.45, 7) is 2.67. The van der Waals surface area contributed by atoms with Gasteiger partial charge in [-0.25, -0.2) is 8.42 Å². The molecule has 1 atom stereocenters. The van der Waals surface area contributed by atoms with E-state index in [0.29, 0.717) is 17.5 Å². The molecule has 7 heteroatoms. The summed E-state index contributed by atoms with van der Waals surface area (Å²) >= 11 is 1.65. The number of carbonyl (C=O) groups excluding carboxylic acids is 1. The van der Waals surface area contributed by atoms with E-state index in [9.17, 15) is 13.2 Å². The maximum atomic E-state index is 12.4. The molecule has 0 spiro atoms. The van der Waals surface area contributed by atoms with E-state index in [1.165, 1.54) is 12.1 Å². The summed E-state index contributed by atoms with van der Waals surface area (Å²) in [7, 11) is 1.62. The Kier molecular flexibility index (Phi) is 3.51. The molecular weight excluding hydrogens is 318 g/mol. The molecular formula is C13H14ClNO3S2. The van der Waals surface area contributed by atoms with Crippen molar-refractivity contribution in [1.29, 1.82) is 0 Å². The van der Waals surface area contributed by atoms with Crippen molar-refractivity contribution in [3.63, 3.8) is 0 Å². The molecule has 20 heavy (non-hydrogen) atoms. The van der Waals surface area contributed by atoms with Gasteiger partial charge < -0.3 is 4.90 Å². The topological polar surface area (TPSA) is 54.5 Å². The Hall–Kier alpha value is -0.720. The number of anilines is 1. The molecule has 0 bridgehead atoms. The molecule has 1 saturated carbocycles. The lowest BCUT2D eigenvalue weighted by atomic mass is 10.2. The predicted molar refractivity (Wildman–Crippen MR) is 79.9 cm³/mol. The van der Waals surface area contributed by atoms with Gasteiger partial charge in [0, 0.05) is 33.3 Å². The van der Waals surface area contributed by atoms with Crippen molar-refractivity contribution >= 4 is 43.1 Å². The molecule has 0 saturated heterocycles. The highest BCUT2D eigenvalue weighted by Crippen LogP contribution is 2.42. The summed E-state index contributed by atoms with van der Waals surface area (Å²) in [5.74, 6) is 0.205. The van der Waals surface area contributed by atoms with Crippen LogP contribution in [0.3, 0.4) is 0 Å². The second kappa shape index (κ2) is 4.93. The van der Waals surface area contributed by atoms with Gasteiger partial charge in [0.2, 0.25) is 5.91 Å². The van der Waals surface area contributed by atoms with Crippen molar-refractivity contribution < 1.29 is 13.2 Å². The highest BCUT2D eigenvalue weighted by atomic mass is 35.7. The summed E-state index contributed by atoms with van der Waals surface area (Å²) in [6.07, 6.45) is 1.86. The average Bonchev–Trinajstić information content (AvgIpc) is 3.19. The molecule has 1 fully saturated rings. The highest BCUT2D eigenvalue weighted by molar-refractivity contribution is 8.13. The molecule has 1 aliphatic carbocycles. The monoisotopic (exact) mass is 331 g/mol. The fourth-order valence-electron chi connectivity index (χ4n) is 2.33. The van der Waals surface area contributed by atoms with Gasteiger partial charge in [0.05, 0.1) is 10.6 Å². The summed E-state index contributed by atoms with van der Waals surface area (Å²) in [5, 5.41) is 0.295. The molecule has 1 amide bonds. The number of hydrogen-bond donors (Lipinski definition) is 0. The van der Waals surface area contributed by atoms with Gasteiger partial charge in [-0.1, -0.05) is 6.92 Å². The molecule has 1 aliphatic heterocycles. The van der Waals surface area contributed by atoms with E-state index in [1.807, 2.05) is 0 Å². The van der Waals surface area contributed by atoms with Crippen molar-refractivity contribution in [1.82, 2.24) is 0 Å². The highest BCUT2D eigenvalue weighted by Gasteiger charge is 2.37. The third kappa shape index (κ3) is 2.69. The quantitative estimate of drug-likeness (QED) is 0.782. The summed E-state index contributed by atoms with van der Waals surface area (Å²) in [4.78, 5) is 15.1. The van der Waals surface area contributed by atoms with Crippen LogP contribution < -0.4 is 4.90 Å². The lowest BCUT2D eigenvalue weighted by molar-refractivity contribution is -0.119. The lowest BCUT2D eigenvalue weighted by Gasteiger charge is -2.33. The van der Waals surface area contributed by atoms with E-state index in [2.05, 4.69) is 6.92 Å². The number of amides is 1. The summed E-state index contributed by atoms with van der Waals surface area (Å²) < 4.78 is 22.9. The van der Waals surface area contributed by atoms with Gasteiger partial charge in [-0.3, -0.25) is 4.79 Å². The maximum absolute atomic E-state index is 12.4. The van der Waals surface area contributed by atoms with E-state index in [0.717, 1.165) is 17.7 Å². The molecule has 1 aromatic rings. The fraction of sp³-hybridized carbons (Fsp3) is 0.462. The van der Waals surface area contributed by atoms with Gasteiger partial charge in [0.15, 0.2) is 0 Å². The van der Waals surface area contributed by atoms with Crippen molar-refractivity contribution in [2.75, 3.05) is 11.4 Å². The Morgan fingerprint density at radius 2 is 2.10 bits per heavy atom. The lowest BCUT2D eigenvalue weighted by Crippen LogP contribution is -2.39. The standard InChI is InChI=1S/C13H14ClNO3S2/c1-8-7-15(13(16)9-2-3-9)11-6-10(20(14,17)18)4-5-12(11)19-8/h4-6,8-9H,2-3,7H2,1H3. The number of rotatable bonds is 2. The van der Waals surface area contributed by atoms with Crippen LogP contribution in [0.25, 0.3) is 0 Å². The Morgan fingerprint density at radius 1 is 1.40 bits per heavy atom. The molecule has 1 unspecified atom stereocenters. The number of hydrogen-bond acceptors (Lipinski definition) is 4. The minimum absolute atomic E-state index is 0.0432. The fourth-order valence-corrected chi connectivity index (χ4v) is 4.19. The molecule has 0 radical (unpaired) electrons. The number of benzene rings is 1. The van der Waals surface area contributed by atoms with Crippen molar-refractivity contribution in [2.24, 2.45) is 5.92 Å². The molecule has 0 N–H and O–H groups in total. The Labute approximate surface area is 126 Å². The average molecular weight is 332 g/mol. The van der Waals surface area contributed by atoms with Gasteiger partial charge in [-0.15, -0.1) is 11.8 Å². The van der Waals surface area contributed by atoms with Gasteiger partial charge >= 0.3 is 0 Å². The number of nitrogens with zero attached hydrogens (tertiary/aromatic N) is 1. The molecule has 108 valence electrons. The van der Waals surface area contributed by atoms with Crippen molar-refractivity contribution in [3.8, 4) is 0 Å². The van der Waals surface area contributed by atoms with E-state index in [-0.39, 0.29) is 16.7 Å². The zero-order chi connectivity index (χ0) is 14.5. The first-order chi connectivity index (χ1) is 9.36. The largest absolute Gasteiger partial charge is 0.310 e. The van der Waals surface area contributed by atoms with Gasteiger partial charge in [0.1, 0.15) is 0 Å². The third-order valence-electron chi connectivity index (χ3n) is 3.46. The van der Waals surface area contributed by atoms with E-state index in [1.54, 1.807) is 22.7 Å². The minimum atomic E-state index is -3.78. The van der Waals surface area contributed by atoms with E-state index >= 15 is 0 Å². The first-order valence-electron chi connectivity index (χ1n) is 6.43. The Balaban J connectivity index is 2.05. The van der Waals surface area contributed by atoms with Crippen LogP contribution in [0, 0.1) is 5.92 Å². The number of fused-ring (bicyclic) bond motifs is 1. The molecule has 2 aliphatic rings. The zero-order valence-electron chi connectivity index (χ0n) is 10.9. The molecule has 1 aromatic carbocycles. The first-order valence-corrected chi connectivity index (χ1v) is 9.62. The van der Waals surface area contributed by atoms with Crippen LogP contribution in [-0.2, 0) is 13.8 Å². The number of carbonyl (C=O) groups is 1. The van der Waals surface area contributed by atoms with Gasteiger partial charge in [0.25, 0.3) is 9.05 Å². The van der Waals surface area contributed by atoms with Crippen LogP contribution in [0.4, 0.5) is 5.69 Å². The van der Waals surface area contributed by atoms with E-state index in [4.69, 9.17) is 10.7 Å². The van der Waals surface area contributed by atoms with E-state index < -0.39 is 9.05 Å². The van der Waals surface area contributed by atoms with Crippen LogP contribution in [0.2, 0.25) is 0 Å². The second-order valence-electron chi connectivity index (χ2n) is 5.22. The Bertz CT molecular complexity index is 670. The number of halogens is 1. The van der Waals surface area contributed by atoms with Gasteiger partial charge in [-0.2, -0.15) is 0 Å². The van der Waals surface area contributed by atoms with Crippen LogP contribution >= 0.6 is 22.4 Å². The SMILES string of the molecule is CC1CN(C(=O)C2CC2)c2cc(S(=O)(=O)Cl)ccc2S1. The maximum Gasteiger partial charge on any atom is 0.261 e. The predicted octanol–water partition coefficient (Wildman–Crippen LogP) is 2.85. The first kappa shape index (κ1) is 14.2. The van der Waals surface area contributed by atoms with Crippen LogP contribution in [0.5, 0.6) is 0 Å². The van der Waals surface area contributed by atoms with Crippen molar-refractivity contribution in [3.05, 3.63) is 18.2 Å². The van der Waals surface area contributed by atoms with Crippen LogP contribution in [-0.4, -0.2) is 26.1 Å². The second-order valence-corrected chi connectivity index (χ2v) is 9.27. The normalized spacial score (nSPS) is 22.5. The molecule has 1 heterocycles. The molecule has 3 rings (SSSR count). The zero-order valence-corrected chi connectivity index (χ0v) is 13.3. The minimum Gasteiger partial charge on any atom is -0.310 e. The molecule has 0 aromatic heterocycles. The summed E-state index contributed by atoms with van der Waals surface area (Å²) in [5.41, 5.74) is 0.673. The molecule has 4 nitrogen and oxygen atoms in total. The van der Waals surface area contributed by atoms with Crippen molar-refractivity contribution in [2.45, 2.75) is 34.8 Å². The smallest absolute Gasteiger partial charge is 0.261 e. The third-order valence-corrected chi connectivity index (χ3v) is 5.97. The van der Waals surface area contributed by atoms with Crippen LogP contribution in [0.1, 0.15) is 19.8 Å². The van der Waals surface area contributed by atoms with Crippen LogP contribution in [0.15, 0.2) is 28.0 Å². The summed E-state index contributed by atoms with van der Waals surface area (Å²) in [6, 6.07) is 4.74. The Morgan fingerprint density at radius 3 is 2.70 bits per heavy atom.